The van der Waals surface area contributed by atoms with Crippen LogP contribution in [0.3, 0.4) is 0 Å². The molecule has 1 N–H and O–H groups in total. The number of carbonyl (C=O) groups is 3. The lowest BCUT2D eigenvalue weighted by Gasteiger charge is -2.27. The molecule has 2 rings (SSSR count). The van der Waals surface area contributed by atoms with Crippen molar-refractivity contribution in [3.05, 3.63) is 35.9 Å². The molecule has 1 aromatic rings. The van der Waals surface area contributed by atoms with Crippen molar-refractivity contribution in [2.75, 3.05) is 19.7 Å². The van der Waals surface area contributed by atoms with E-state index in [2.05, 4.69) is 5.32 Å². The van der Waals surface area contributed by atoms with Crippen molar-refractivity contribution in [3.63, 3.8) is 0 Å². The SMILES string of the molecule is CC(C)[C@@H](NC(=O)OCc1ccccc1)C(=O)OCC(=O)N1CCCCC1. The highest BCUT2D eigenvalue weighted by Crippen LogP contribution is 2.10. The fourth-order valence-corrected chi connectivity index (χ4v) is 2.85. The van der Waals surface area contributed by atoms with Crippen LogP contribution in [0.25, 0.3) is 0 Å². The number of carbonyl (C=O) groups excluding carboxylic acids is 3. The number of amides is 2. The second-order valence-corrected chi connectivity index (χ2v) is 6.98. The van der Waals surface area contributed by atoms with E-state index in [0.29, 0.717) is 13.1 Å². The molecule has 2 amide bonds. The number of benzene rings is 1. The summed E-state index contributed by atoms with van der Waals surface area (Å²) in [7, 11) is 0. The van der Waals surface area contributed by atoms with Crippen LogP contribution in [0.1, 0.15) is 38.7 Å². The second kappa shape index (κ2) is 10.5. The first-order valence-electron chi connectivity index (χ1n) is 9.39. The summed E-state index contributed by atoms with van der Waals surface area (Å²) >= 11 is 0. The van der Waals surface area contributed by atoms with Gasteiger partial charge in [-0.2, -0.15) is 0 Å². The number of nitrogens with zero attached hydrogens (tertiary/aromatic N) is 1. The summed E-state index contributed by atoms with van der Waals surface area (Å²) in [6, 6.07) is 8.39. The Bertz CT molecular complexity index is 627. The van der Waals surface area contributed by atoms with E-state index in [4.69, 9.17) is 9.47 Å². The number of hydrogen-bond acceptors (Lipinski definition) is 5. The van der Waals surface area contributed by atoms with Crippen molar-refractivity contribution >= 4 is 18.0 Å². The molecule has 0 unspecified atom stereocenters. The predicted octanol–water partition coefficient (Wildman–Crippen LogP) is 2.49. The van der Waals surface area contributed by atoms with Gasteiger partial charge in [0.1, 0.15) is 12.6 Å². The van der Waals surface area contributed by atoms with Crippen LogP contribution in [0.15, 0.2) is 30.3 Å². The molecule has 0 spiro atoms. The van der Waals surface area contributed by atoms with E-state index in [1.54, 1.807) is 18.7 Å². The molecular weight excluding hydrogens is 348 g/mol. The van der Waals surface area contributed by atoms with Gasteiger partial charge in [0.25, 0.3) is 5.91 Å². The second-order valence-electron chi connectivity index (χ2n) is 6.98. The van der Waals surface area contributed by atoms with Gasteiger partial charge in [-0.15, -0.1) is 0 Å². The molecule has 1 aliphatic heterocycles. The highest BCUT2D eigenvalue weighted by molar-refractivity contribution is 5.85. The Morgan fingerprint density at radius 2 is 1.70 bits per heavy atom. The Hall–Kier alpha value is -2.57. The van der Waals surface area contributed by atoms with Crippen molar-refractivity contribution in [2.24, 2.45) is 5.92 Å². The molecule has 148 valence electrons. The lowest BCUT2D eigenvalue weighted by Crippen LogP contribution is -2.46. The minimum atomic E-state index is -0.873. The number of hydrogen-bond donors (Lipinski definition) is 1. The Labute approximate surface area is 160 Å². The van der Waals surface area contributed by atoms with Gasteiger partial charge in [-0.25, -0.2) is 9.59 Å². The normalized spacial score (nSPS) is 15.1. The smallest absolute Gasteiger partial charge is 0.408 e. The van der Waals surface area contributed by atoms with Crippen LogP contribution in [0.2, 0.25) is 0 Å². The largest absolute Gasteiger partial charge is 0.454 e. The summed E-state index contributed by atoms with van der Waals surface area (Å²) in [6.45, 7) is 4.79. The van der Waals surface area contributed by atoms with Crippen molar-refractivity contribution < 1.29 is 23.9 Å². The summed E-state index contributed by atoms with van der Waals surface area (Å²) in [5.74, 6) is -1.03. The maximum absolute atomic E-state index is 12.3. The average molecular weight is 376 g/mol. The lowest BCUT2D eigenvalue weighted by atomic mass is 10.1. The van der Waals surface area contributed by atoms with Gasteiger partial charge in [-0.1, -0.05) is 44.2 Å². The zero-order chi connectivity index (χ0) is 19.6. The first-order chi connectivity index (χ1) is 13.0. The number of esters is 1. The van der Waals surface area contributed by atoms with Crippen LogP contribution in [0.5, 0.6) is 0 Å². The third kappa shape index (κ3) is 6.92. The number of likely N-dealkylation sites (tertiary alicyclic amines) is 1. The van der Waals surface area contributed by atoms with Crippen LogP contribution in [-0.2, 0) is 25.7 Å². The fourth-order valence-electron chi connectivity index (χ4n) is 2.85. The van der Waals surface area contributed by atoms with E-state index in [0.717, 1.165) is 24.8 Å². The number of alkyl carbamates (subject to hydrolysis) is 1. The van der Waals surface area contributed by atoms with Crippen LogP contribution < -0.4 is 5.32 Å². The molecule has 1 saturated heterocycles. The predicted molar refractivity (Wildman–Crippen MR) is 99.8 cm³/mol. The summed E-state index contributed by atoms with van der Waals surface area (Å²) < 4.78 is 10.3. The molecule has 0 bridgehead atoms. The molecule has 7 nitrogen and oxygen atoms in total. The van der Waals surface area contributed by atoms with Gasteiger partial charge in [-0.05, 0) is 30.7 Å². The van der Waals surface area contributed by atoms with E-state index in [9.17, 15) is 14.4 Å². The van der Waals surface area contributed by atoms with Gasteiger partial charge < -0.3 is 19.7 Å². The van der Waals surface area contributed by atoms with E-state index >= 15 is 0 Å². The van der Waals surface area contributed by atoms with E-state index in [-0.39, 0.29) is 25.0 Å². The monoisotopic (exact) mass is 376 g/mol. The Morgan fingerprint density at radius 1 is 1.04 bits per heavy atom. The van der Waals surface area contributed by atoms with E-state index in [1.165, 1.54) is 0 Å². The maximum atomic E-state index is 12.3. The third-order valence-electron chi connectivity index (χ3n) is 4.45. The number of ether oxygens (including phenoxy) is 2. The average Bonchev–Trinajstić information content (AvgIpc) is 2.69. The fraction of sp³-hybridized carbons (Fsp3) is 0.550. The molecule has 1 fully saturated rings. The molecule has 1 heterocycles. The molecule has 7 heteroatoms. The Morgan fingerprint density at radius 3 is 2.33 bits per heavy atom. The molecule has 1 aliphatic rings. The quantitative estimate of drug-likeness (QED) is 0.739. The van der Waals surface area contributed by atoms with Crippen molar-refractivity contribution in [1.82, 2.24) is 10.2 Å². The first kappa shape index (κ1) is 20.7. The Balaban J connectivity index is 1.79. The van der Waals surface area contributed by atoms with E-state index in [1.807, 2.05) is 30.3 Å². The molecule has 1 aromatic carbocycles. The van der Waals surface area contributed by atoms with Crippen LogP contribution in [-0.4, -0.2) is 48.6 Å². The summed E-state index contributed by atoms with van der Waals surface area (Å²) in [5.41, 5.74) is 0.850. The molecule has 0 aromatic heterocycles. The van der Waals surface area contributed by atoms with Gasteiger partial charge >= 0.3 is 12.1 Å². The standard InChI is InChI=1S/C20H28N2O5/c1-15(2)18(21-20(25)27-13-16-9-5-3-6-10-16)19(24)26-14-17(23)22-11-7-4-8-12-22/h3,5-6,9-10,15,18H,4,7-8,11-14H2,1-2H3,(H,21,25)/t18-/m1/s1. The number of nitrogens with one attached hydrogen (secondary N) is 1. The molecule has 0 radical (unpaired) electrons. The highest BCUT2D eigenvalue weighted by atomic mass is 16.6. The first-order valence-corrected chi connectivity index (χ1v) is 9.39. The summed E-state index contributed by atoms with van der Waals surface area (Å²) in [4.78, 5) is 38.1. The van der Waals surface area contributed by atoms with Crippen molar-refractivity contribution in [3.8, 4) is 0 Å². The van der Waals surface area contributed by atoms with Gasteiger partial charge in [0, 0.05) is 13.1 Å². The topological polar surface area (TPSA) is 84.9 Å². The van der Waals surface area contributed by atoms with Crippen LogP contribution in [0, 0.1) is 5.92 Å². The molecule has 1 atom stereocenters. The summed E-state index contributed by atoms with van der Waals surface area (Å²) in [5, 5.41) is 2.53. The molecule has 0 aliphatic carbocycles. The molecule has 0 saturated carbocycles. The highest BCUT2D eigenvalue weighted by Gasteiger charge is 2.28. The van der Waals surface area contributed by atoms with Crippen molar-refractivity contribution in [2.45, 2.75) is 45.8 Å². The van der Waals surface area contributed by atoms with Gasteiger partial charge in [0.15, 0.2) is 6.61 Å². The minimum Gasteiger partial charge on any atom is -0.454 e. The lowest BCUT2D eigenvalue weighted by molar-refractivity contribution is -0.154. The van der Waals surface area contributed by atoms with Gasteiger partial charge in [0.2, 0.25) is 0 Å². The number of piperidine rings is 1. The van der Waals surface area contributed by atoms with Crippen LogP contribution in [0.4, 0.5) is 4.79 Å². The third-order valence-corrected chi connectivity index (χ3v) is 4.45. The van der Waals surface area contributed by atoms with Crippen molar-refractivity contribution in [1.29, 1.82) is 0 Å². The molecular formula is C20H28N2O5. The number of rotatable bonds is 7. The minimum absolute atomic E-state index is 0.111. The van der Waals surface area contributed by atoms with Gasteiger partial charge in [-0.3, -0.25) is 4.79 Å². The van der Waals surface area contributed by atoms with Crippen LogP contribution >= 0.6 is 0 Å². The zero-order valence-corrected chi connectivity index (χ0v) is 16.0. The molecule has 27 heavy (non-hydrogen) atoms. The Kier molecular flexibility index (Phi) is 8.10. The maximum Gasteiger partial charge on any atom is 0.408 e. The zero-order valence-electron chi connectivity index (χ0n) is 16.0. The summed E-state index contributed by atoms with van der Waals surface area (Å²) in [6.07, 6.45) is 2.37. The van der Waals surface area contributed by atoms with E-state index < -0.39 is 18.1 Å². The van der Waals surface area contributed by atoms with Gasteiger partial charge in [0.05, 0.1) is 0 Å².